The van der Waals surface area contributed by atoms with Crippen LogP contribution in [0.4, 0.5) is 5.69 Å². The molecule has 0 saturated heterocycles. The molecule has 0 fully saturated rings. The molecule has 0 bridgehead atoms. The Morgan fingerprint density at radius 1 is 1.48 bits per heavy atom. The van der Waals surface area contributed by atoms with Crippen LogP contribution >= 0.6 is 12.4 Å². The monoisotopic (exact) mass is 310 g/mol. The summed E-state index contributed by atoms with van der Waals surface area (Å²) in [6.45, 7) is 1.96. The highest BCUT2D eigenvalue weighted by atomic mass is 35.5. The number of aliphatic carboxylic acids is 1. The van der Waals surface area contributed by atoms with Crippen LogP contribution < -0.4 is 10.1 Å². The average Bonchev–Trinajstić information content (AvgIpc) is 2.45. The Morgan fingerprint density at radius 2 is 2.24 bits per heavy atom. The maximum absolute atomic E-state index is 10.6. The van der Waals surface area contributed by atoms with Crippen LogP contribution in [0, 0.1) is 0 Å². The van der Waals surface area contributed by atoms with Crippen LogP contribution in [0.25, 0.3) is 10.9 Å². The van der Waals surface area contributed by atoms with Gasteiger partial charge < -0.3 is 15.2 Å². The molecule has 0 aliphatic heterocycles. The Kier molecular flexibility index (Phi) is 6.24. The molecule has 6 heteroatoms. The summed E-state index contributed by atoms with van der Waals surface area (Å²) >= 11 is 0. The lowest BCUT2D eigenvalue weighted by Gasteiger charge is -2.16. The molecule has 0 aliphatic rings. The molecule has 1 unspecified atom stereocenters. The van der Waals surface area contributed by atoms with E-state index in [2.05, 4.69) is 10.3 Å². The van der Waals surface area contributed by atoms with Gasteiger partial charge in [0.2, 0.25) is 0 Å². The Balaban J connectivity index is 0.00000220. The number of carbonyl (C=O) groups is 1. The zero-order valence-corrected chi connectivity index (χ0v) is 12.8. The average molecular weight is 311 g/mol. The number of hydrogen-bond donors (Lipinski definition) is 2. The zero-order chi connectivity index (χ0) is 14.5. The largest absolute Gasteiger partial charge is 0.497 e. The normalized spacial score (nSPS) is 11.5. The van der Waals surface area contributed by atoms with Crippen molar-refractivity contribution < 1.29 is 14.6 Å². The highest BCUT2D eigenvalue weighted by Gasteiger charge is 2.10. The van der Waals surface area contributed by atoms with E-state index in [9.17, 15) is 4.79 Å². The van der Waals surface area contributed by atoms with Crippen LogP contribution in [0.1, 0.15) is 19.8 Å². The number of anilines is 1. The molecular formula is C15H19ClN2O3. The van der Waals surface area contributed by atoms with Crippen molar-refractivity contribution in [2.45, 2.75) is 25.8 Å². The van der Waals surface area contributed by atoms with Crippen molar-refractivity contribution in [3.8, 4) is 5.75 Å². The lowest BCUT2D eigenvalue weighted by Crippen LogP contribution is -2.17. The quantitative estimate of drug-likeness (QED) is 0.856. The topological polar surface area (TPSA) is 71.5 Å². The van der Waals surface area contributed by atoms with Gasteiger partial charge in [0.05, 0.1) is 18.3 Å². The third-order valence-electron chi connectivity index (χ3n) is 3.11. The predicted molar refractivity (Wildman–Crippen MR) is 85.5 cm³/mol. The van der Waals surface area contributed by atoms with Gasteiger partial charge >= 0.3 is 5.97 Å². The van der Waals surface area contributed by atoms with Gasteiger partial charge in [-0.05, 0) is 25.5 Å². The molecule has 1 atom stereocenters. The summed E-state index contributed by atoms with van der Waals surface area (Å²) < 4.78 is 5.28. The van der Waals surface area contributed by atoms with Gasteiger partial charge in [0.15, 0.2) is 0 Å². The maximum Gasteiger partial charge on any atom is 0.303 e. The van der Waals surface area contributed by atoms with E-state index in [4.69, 9.17) is 9.84 Å². The lowest BCUT2D eigenvalue weighted by atomic mass is 10.1. The van der Waals surface area contributed by atoms with Crippen molar-refractivity contribution in [3.05, 3.63) is 30.5 Å². The summed E-state index contributed by atoms with van der Waals surface area (Å²) in [5.41, 5.74) is 1.72. The van der Waals surface area contributed by atoms with Gasteiger partial charge in [0.25, 0.3) is 0 Å². The second-order valence-electron chi connectivity index (χ2n) is 4.73. The number of nitrogens with zero attached hydrogens (tertiary/aromatic N) is 1. The Labute approximate surface area is 129 Å². The Bertz CT molecular complexity index is 619. The third kappa shape index (κ3) is 4.49. The number of pyridine rings is 1. The van der Waals surface area contributed by atoms with E-state index in [0.29, 0.717) is 6.42 Å². The number of benzene rings is 1. The summed E-state index contributed by atoms with van der Waals surface area (Å²) in [7, 11) is 1.62. The Hall–Kier alpha value is -2.01. The van der Waals surface area contributed by atoms with Gasteiger partial charge in [-0.25, -0.2) is 0 Å². The number of rotatable bonds is 6. The van der Waals surface area contributed by atoms with Crippen LogP contribution in [-0.2, 0) is 4.79 Å². The number of aromatic nitrogens is 1. The number of nitrogens with one attached hydrogen (secondary N) is 1. The maximum atomic E-state index is 10.6. The molecule has 0 amide bonds. The fraction of sp³-hybridized carbons (Fsp3) is 0.333. The van der Waals surface area contributed by atoms with Crippen molar-refractivity contribution in [1.82, 2.24) is 4.98 Å². The zero-order valence-electron chi connectivity index (χ0n) is 12.0. The molecule has 2 N–H and O–H groups in total. The number of carboxylic acids is 1. The van der Waals surface area contributed by atoms with E-state index < -0.39 is 5.97 Å². The molecule has 114 valence electrons. The number of carboxylic acid groups (broad SMARTS) is 1. The van der Waals surface area contributed by atoms with Gasteiger partial charge in [0.1, 0.15) is 5.75 Å². The fourth-order valence-corrected chi connectivity index (χ4v) is 2.07. The van der Waals surface area contributed by atoms with Gasteiger partial charge in [-0.3, -0.25) is 9.78 Å². The van der Waals surface area contributed by atoms with Crippen molar-refractivity contribution >= 4 is 35.0 Å². The van der Waals surface area contributed by atoms with E-state index in [1.165, 1.54) is 0 Å². The first kappa shape index (κ1) is 17.0. The molecule has 1 aromatic carbocycles. The first-order valence-electron chi connectivity index (χ1n) is 6.51. The molecular weight excluding hydrogens is 292 g/mol. The molecule has 0 saturated carbocycles. The first-order valence-corrected chi connectivity index (χ1v) is 6.51. The number of fused-ring (bicyclic) bond motifs is 1. The van der Waals surface area contributed by atoms with Gasteiger partial charge in [-0.2, -0.15) is 0 Å². The smallest absolute Gasteiger partial charge is 0.303 e. The Morgan fingerprint density at radius 3 is 2.90 bits per heavy atom. The van der Waals surface area contributed by atoms with Crippen LogP contribution in [0.15, 0.2) is 30.5 Å². The van der Waals surface area contributed by atoms with Gasteiger partial charge in [-0.1, -0.05) is 6.07 Å². The second-order valence-corrected chi connectivity index (χ2v) is 4.73. The molecule has 0 spiro atoms. The van der Waals surface area contributed by atoms with E-state index >= 15 is 0 Å². The number of halogens is 1. The lowest BCUT2D eigenvalue weighted by molar-refractivity contribution is -0.137. The molecule has 2 rings (SSSR count). The minimum atomic E-state index is -0.785. The molecule has 1 aromatic heterocycles. The van der Waals surface area contributed by atoms with E-state index in [-0.39, 0.29) is 24.9 Å². The second kappa shape index (κ2) is 7.69. The summed E-state index contributed by atoms with van der Waals surface area (Å²) in [4.78, 5) is 15.0. The van der Waals surface area contributed by atoms with Crippen molar-refractivity contribution in [1.29, 1.82) is 0 Å². The van der Waals surface area contributed by atoms with Crippen molar-refractivity contribution in [3.63, 3.8) is 0 Å². The molecule has 1 heterocycles. The van der Waals surface area contributed by atoms with E-state index in [0.717, 1.165) is 22.3 Å². The molecule has 2 aromatic rings. The predicted octanol–water partition coefficient (Wildman–Crippen LogP) is 3.33. The van der Waals surface area contributed by atoms with Crippen molar-refractivity contribution in [2.24, 2.45) is 0 Å². The summed E-state index contributed by atoms with van der Waals surface area (Å²) in [5, 5.41) is 13.0. The van der Waals surface area contributed by atoms with Crippen LogP contribution in [-0.4, -0.2) is 29.2 Å². The minimum absolute atomic E-state index is 0. The highest BCUT2D eigenvalue weighted by molar-refractivity contribution is 5.91. The SMILES string of the molecule is COc1cc(NC(C)CCC(=O)O)c2ncccc2c1.Cl. The molecule has 21 heavy (non-hydrogen) atoms. The minimum Gasteiger partial charge on any atom is -0.497 e. The van der Waals surface area contributed by atoms with Crippen LogP contribution in [0.3, 0.4) is 0 Å². The van der Waals surface area contributed by atoms with Crippen molar-refractivity contribution in [2.75, 3.05) is 12.4 Å². The van der Waals surface area contributed by atoms with Crippen LogP contribution in [0.5, 0.6) is 5.75 Å². The molecule has 0 aliphatic carbocycles. The van der Waals surface area contributed by atoms with Crippen LogP contribution in [0.2, 0.25) is 0 Å². The summed E-state index contributed by atoms with van der Waals surface area (Å²) in [6.07, 6.45) is 2.44. The molecule has 0 radical (unpaired) electrons. The van der Waals surface area contributed by atoms with Gasteiger partial charge in [0, 0.05) is 30.1 Å². The highest BCUT2D eigenvalue weighted by Crippen LogP contribution is 2.28. The standard InChI is InChI=1S/C15H18N2O3.ClH/c1-10(5-6-14(18)19)17-13-9-12(20-2)8-11-4-3-7-16-15(11)13;/h3-4,7-10,17H,5-6H2,1-2H3,(H,18,19);1H. The van der Waals surface area contributed by atoms with E-state index in [1.807, 2.05) is 31.2 Å². The van der Waals surface area contributed by atoms with Gasteiger partial charge in [-0.15, -0.1) is 12.4 Å². The fourth-order valence-electron chi connectivity index (χ4n) is 2.07. The number of ether oxygens (including phenoxy) is 1. The number of hydrogen-bond acceptors (Lipinski definition) is 4. The summed E-state index contributed by atoms with van der Waals surface area (Å²) in [5.74, 6) is -0.0364. The molecule has 5 nitrogen and oxygen atoms in total. The van der Waals surface area contributed by atoms with E-state index in [1.54, 1.807) is 13.3 Å². The number of methoxy groups -OCH3 is 1. The first-order chi connectivity index (χ1) is 9.60. The third-order valence-corrected chi connectivity index (χ3v) is 3.11. The summed E-state index contributed by atoms with van der Waals surface area (Å²) in [6, 6.07) is 7.70.